The molecule has 0 fully saturated rings. The molecule has 2 atom stereocenters. The van der Waals surface area contributed by atoms with Gasteiger partial charge in [-0.1, -0.05) is 31.2 Å². The maximum atomic E-state index is 12.6. The summed E-state index contributed by atoms with van der Waals surface area (Å²) in [6.07, 6.45) is 0.298. The fourth-order valence-electron chi connectivity index (χ4n) is 2.95. The highest BCUT2D eigenvalue weighted by atomic mass is 16.5. The summed E-state index contributed by atoms with van der Waals surface area (Å²) in [6, 6.07) is 12.3. The van der Waals surface area contributed by atoms with Crippen molar-refractivity contribution in [2.75, 3.05) is 0 Å². The summed E-state index contributed by atoms with van der Waals surface area (Å²) in [7, 11) is 0. The summed E-state index contributed by atoms with van der Waals surface area (Å²) in [5.74, 6) is 0.642. The average Bonchev–Trinajstić information content (AvgIpc) is 2.54. The molecule has 3 heteroatoms. The number of nitrogens with one attached hydrogen (secondary N) is 1. The molecule has 0 bridgehead atoms. The van der Waals surface area contributed by atoms with Gasteiger partial charge in [-0.2, -0.15) is 0 Å². The Hall–Kier alpha value is -2.29. The Bertz CT molecular complexity index is 731. The molecule has 0 saturated heterocycles. The van der Waals surface area contributed by atoms with E-state index in [1.165, 1.54) is 11.1 Å². The van der Waals surface area contributed by atoms with Crippen LogP contribution in [-0.4, -0.2) is 12.0 Å². The molecule has 0 heterocycles. The zero-order valence-electron chi connectivity index (χ0n) is 16.1. The quantitative estimate of drug-likeness (QED) is 0.808. The Balaban J connectivity index is 2.06. The van der Waals surface area contributed by atoms with Crippen LogP contribution >= 0.6 is 0 Å². The van der Waals surface area contributed by atoms with Crippen LogP contribution in [0.2, 0.25) is 0 Å². The molecule has 0 aliphatic carbocycles. The van der Waals surface area contributed by atoms with E-state index in [0.29, 0.717) is 0 Å². The van der Waals surface area contributed by atoms with Gasteiger partial charge in [0.1, 0.15) is 5.75 Å². The molecule has 134 valence electrons. The van der Waals surface area contributed by atoms with Gasteiger partial charge in [-0.25, -0.2) is 0 Å². The Morgan fingerprint density at radius 2 is 1.64 bits per heavy atom. The van der Waals surface area contributed by atoms with Crippen LogP contribution in [0.15, 0.2) is 36.4 Å². The van der Waals surface area contributed by atoms with E-state index in [0.717, 1.165) is 28.9 Å². The van der Waals surface area contributed by atoms with Gasteiger partial charge < -0.3 is 10.1 Å². The fraction of sp³-hybridized carbons (Fsp3) is 0.409. The molecule has 2 aromatic rings. The van der Waals surface area contributed by atoms with Gasteiger partial charge in [0.15, 0.2) is 6.10 Å². The average molecular weight is 339 g/mol. The minimum Gasteiger partial charge on any atom is -0.481 e. The van der Waals surface area contributed by atoms with Crippen molar-refractivity contribution in [3.63, 3.8) is 0 Å². The van der Waals surface area contributed by atoms with Gasteiger partial charge in [-0.05, 0) is 81.0 Å². The van der Waals surface area contributed by atoms with Crippen LogP contribution in [-0.2, 0) is 4.79 Å². The molecule has 2 rings (SSSR count). The highest BCUT2D eigenvalue weighted by molar-refractivity contribution is 5.81. The van der Waals surface area contributed by atoms with Gasteiger partial charge in [0, 0.05) is 0 Å². The second-order valence-corrected chi connectivity index (χ2v) is 6.90. The van der Waals surface area contributed by atoms with Gasteiger partial charge in [0.25, 0.3) is 5.91 Å². The first-order valence-electron chi connectivity index (χ1n) is 8.92. The topological polar surface area (TPSA) is 38.3 Å². The van der Waals surface area contributed by atoms with Crippen LogP contribution in [0.1, 0.15) is 54.1 Å². The number of carbonyl (C=O) groups excluding carboxylic acids is 1. The first-order chi connectivity index (χ1) is 11.8. The molecule has 0 saturated carbocycles. The van der Waals surface area contributed by atoms with Crippen molar-refractivity contribution in [1.29, 1.82) is 0 Å². The van der Waals surface area contributed by atoms with Crippen molar-refractivity contribution < 1.29 is 9.53 Å². The monoisotopic (exact) mass is 339 g/mol. The van der Waals surface area contributed by atoms with Gasteiger partial charge >= 0.3 is 0 Å². The van der Waals surface area contributed by atoms with Crippen molar-refractivity contribution >= 4 is 5.91 Å². The predicted molar refractivity (Wildman–Crippen MR) is 103 cm³/mol. The fourth-order valence-corrected chi connectivity index (χ4v) is 2.95. The number of aryl methyl sites for hydroxylation is 4. The summed E-state index contributed by atoms with van der Waals surface area (Å²) >= 11 is 0. The Morgan fingerprint density at radius 3 is 2.20 bits per heavy atom. The number of carbonyl (C=O) groups is 1. The van der Waals surface area contributed by atoms with E-state index in [1.807, 2.05) is 26.0 Å². The summed E-state index contributed by atoms with van der Waals surface area (Å²) in [5, 5.41) is 3.11. The first kappa shape index (κ1) is 19.0. The number of ether oxygens (including phenoxy) is 1. The molecule has 0 aromatic heterocycles. The SMILES string of the molecule is CC[C@@H](NC(=O)[C@@H](C)Oc1cc(C)cc(C)c1)c1ccc(C)c(C)c1. The van der Waals surface area contributed by atoms with E-state index in [9.17, 15) is 4.79 Å². The van der Waals surface area contributed by atoms with Crippen molar-refractivity contribution in [2.24, 2.45) is 0 Å². The molecule has 0 aliphatic rings. The molecular formula is C22H29NO2. The smallest absolute Gasteiger partial charge is 0.261 e. The largest absolute Gasteiger partial charge is 0.481 e. The van der Waals surface area contributed by atoms with Gasteiger partial charge in [0.05, 0.1) is 6.04 Å². The summed E-state index contributed by atoms with van der Waals surface area (Å²) < 4.78 is 5.85. The van der Waals surface area contributed by atoms with Gasteiger partial charge in [-0.15, -0.1) is 0 Å². The van der Waals surface area contributed by atoms with E-state index in [2.05, 4.69) is 50.4 Å². The number of amides is 1. The summed E-state index contributed by atoms with van der Waals surface area (Å²) in [4.78, 5) is 12.6. The third-order valence-electron chi connectivity index (χ3n) is 4.54. The maximum absolute atomic E-state index is 12.6. The highest BCUT2D eigenvalue weighted by Gasteiger charge is 2.19. The predicted octanol–water partition coefficient (Wildman–Crippen LogP) is 4.96. The normalized spacial score (nSPS) is 13.2. The minimum atomic E-state index is -0.540. The van der Waals surface area contributed by atoms with Crippen molar-refractivity contribution in [3.05, 3.63) is 64.2 Å². The van der Waals surface area contributed by atoms with Gasteiger partial charge in [0.2, 0.25) is 0 Å². The van der Waals surface area contributed by atoms with E-state index < -0.39 is 6.10 Å². The van der Waals surface area contributed by atoms with Crippen LogP contribution in [0, 0.1) is 27.7 Å². The van der Waals surface area contributed by atoms with Crippen LogP contribution in [0.25, 0.3) is 0 Å². The third-order valence-corrected chi connectivity index (χ3v) is 4.54. The third kappa shape index (κ3) is 5.09. The van der Waals surface area contributed by atoms with E-state index in [4.69, 9.17) is 4.74 Å². The van der Waals surface area contributed by atoms with E-state index in [-0.39, 0.29) is 11.9 Å². The molecule has 0 unspecified atom stereocenters. The summed E-state index contributed by atoms with van der Waals surface area (Å²) in [5.41, 5.74) is 5.90. The molecule has 1 N–H and O–H groups in total. The number of hydrogen-bond acceptors (Lipinski definition) is 2. The Kier molecular flexibility index (Phi) is 6.24. The van der Waals surface area contributed by atoms with E-state index >= 15 is 0 Å². The molecule has 0 spiro atoms. The molecule has 3 nitrogen and oxygen atoms in total. The number of rotatable bonds is 6. The maximum Gasteiger partial charge on any atom is 0.261 e. The number of benzene rings is 2. The minimum absolute atomic E-state index is 0.00269. The molecule has 0 aliphatic heterocycles. The second-order valence-electron chi connectivity index (χ2n) is 6.90. The second kappa shape index (κ2) is 8.19. The zero-order chi connectivity index (χ0) is 18.6. The lowest BCUT2D eigenvalue weighted by Gasteiger charge is -2.22. The first-order valence-corrected chi connectivity index (χ1v) is 8.92. The van der Waals surface area contributed by atoms with Crippen LogP contribution < -0.4 is 10.1 Å². The lowest BCUT2D eigenvalue weighted by Crippen LogP contribution is -2.38. The lowest BCUT2D eigenvalue weighted by molar-refractivity contribution is -0.128. The van der Waals surface area contributed by atoms with Crippen LogP contribution in [0.4, 0.5) is 0 Å². The van der Waals surface area contributed by atoms with Crippen molar-refractivity contribution in [3.8, 4) is 5.75 Å². The standard InChI is InChI=1S/C22H29NO2/c1-7-21(19-9-8-16(4)17(5)13-19)23-22(24)18(6)25-20-11-14(2)10-15(3)12-20/h8-13,18,21H,7H2,1-6H3,(H,23,24)/t18-,21-/m1/s1. The Labute approximate surface area is 151 Å². The molecule has 25 heavy (non-hydrogen) atoms. The molecule has 2 aromatic carbocycles. The highest BCUT2D eigenvalue weighted by Crippen LogP contribution is 2.21. The Morgan fingerprint density at radius 1 is 1.00 bits per heavy atom. The zero-order valence-corrected chi connectivity index (χ0v) is 16.1. The van der Waals surface area contributed by atoms with Crippen LogP contribution in [0.5, 0.6) is 5.75 Å². The lowest BCUT2D eigenvalue weighted by atomic mass is 9.99. The van der Waals surface area contributed by atoms with Crippen LogP contribution in [0.3, 0.4) is 0 Å². The van der Waals surface area contributed by atoms with Crippen molar-refractivity contribution in [1.82, 2.24) is 5.32 Å². The van der Waals surface area contributed by atoms with E-state index in [1.54, 1.807) is 6.92 Å². The molecular weight excluding hydrogens is 310 g/mol. The molecule has 1 amide bonds. The molecule has 0 radical (unpaired) electrons. The number of hydrogen-bond donors (Lipinski definition) is 1. The van der Waals surface area contributed by atoms with Gasteiger partial charge in [-0.3, -0.25) is 4.79 Å². The van der Waals surface area contributed by atoms with Crippen molar-refractivity contribution in [2.45, 2.75) is 60.1 Å². The summed E-state index contributed by atoms with van der Waals surface area (Å²) in [6.45, 7) is 12.1.